The van der Waals surface area contributed by atoms with Crippen molar-refractivity contribution in [1.82, 2.24) is 5.16 Å². The second-order valence-electron chi connectivity index (χ2n) is 3.11. The van der Waals surface area contributed by atoms with Gasteiger partial charge in [-0.2, -0.15) is 0 Å². The third-order valence-electron chi connectivity index (χ3n) is 2.27. The SMILES string of the molecule is Cc1noc(N)c1C1CCOC1. The largest absolute Gasteiger partial charge is 0.381 e. The van der Waals surface area contributed by atoms with Crippen molar-refractivity contribution in [2.24, 2.45) is 0 Å². The highest BCUT2D eigenvalue weighted by Gasteiger charge is 2.24. The van der Waals surface area contributed by atoms with E-state index >= 15 is 0 Å². The molecule has 1 aromatic rings. The molecule has 0 aromatic carbocycles. The van der Waals surface area contributed by atoms with Gasteiger partial charge in [0.05, 0.1) is 12.3 Å². The second-order valence-corrected chi connectivity index (χ2v) is 3.11. The summed E-state index contributed by atoms with van der Waals surface area (Å²) in [6.45, 7) is 3.47. The predicted octanol–water partition coefficient (Wildman–Crippen LogP) is 1.07. The second kappa shape index (κ2) is 2.79. The van der Waals surface area contributed by atoms with E-state index in [2.05, 4.69) is 5.16 Å². The van der Waals surface area contributed by atoms with Gasteiger partial charge in [-0.1, -0.05) is 5.16 Å². The molecule has 2 N–H and O–H groups in total. The van der Waals surface area contributed by atoms with Crippen molar-refractivity contribution in [3.05, 3.63) is 11.3 Å². The molecule has 1 saturated heterocycles. The van der Waals surface area contributed by atoms with Gasteiger partial charge in [-0.25, -0.2) is 0 Å². The number of rotatable bonds is 1. The molecule has 1 aliphatic heterocycles. The molecule has 0 amide bonds. The van der Waals surface area contributed by atoms with Crippen molar-refractivity contribution in [2.75, 3.05) is 18.9 Å². The molecule has 2 heterocycles. The van der Waals surface area contributed by atoms with Gasteiger partial charge in [0.25, 0.3) is 0 Å². The molecule has 0 spiro atoms. The van der Waals surface area contributed by atoms with E-state index in [1.807, 2.05) is 6.92 Å². The van der Waals surface area contributed by atoms with Crippen LogP contribution in [0.15, 0.2) is 4.52 Å². The molecule has 0 radical (unpaired) electrons. The summed E-state index contributed by atoms with van der Waals surface area (Å²) in [7, 11) is 0. The van der Waals surface area contributed by atoms with Crippen molar-refractivity contribution in [3.8, 4) is 0 Å². The predicted molar refractivity (Wildman–Crippen MR) is 43.8 cm³/mol. The van der Waals surface area contributed by atoms with Crippen LogP contribution in [0.25, 0.3) is 0 Å². The quantitative estimate of drug-likeness (QED) is 0.681. The molecule has 2 rings (SSSR count). The molecule has 4 nitrogen and oxygen atoms in total. The Morgan fingerprint density at radius 1 is 1.58 bits per heavy atom. The van der Waals surface area contributed by atoms with Gasteiger partial charge >= 0.3 is 0 Å². The number of nitrogen functional groups attached to an aromatic ring is 1. The minimum absolute atomic E-state index is 0.385. The Hall–Kier alpha value is -1.03. The van der Waals surface area contributed by atoms with E-state index in [0.717, 1.165) is 30.9 Å². The van der Waals surface area contributed by atoms with Gasteiger partial charge in [0, 0.05) is 18.1 Å². The first-order valence-corrected chi connectivity index (χ1v) is 4.08. The summed E-state index contributed by atoms with van der Waals surface area (Å²) >= 11 is 0. The average molecular weight is 168 g/mol. The molecule has 1 aromatic heterocycles. The van der Waals surface area contributed by atoms with Crippen LogP contribution in [0.5, 0.6) is 0 Å². The maximum absolute atomic E-state index is 5.64. The van der Waals surface area contributed by atoms with E-state index in [-0.39, 0.29) is 0 Å². The Kier molecular flexibility index (Phi) is 1.77. The van der Waals surface area contributed by atoms with E-state index in [1.165, 1.54) is 0 Å². The highest BCUT2D eigenvalue weighted by molar-refractivity contribution is 5.41. The fourth-order valence-corrected chi connectivity index (χ4v) is 1.65. The van der Waals surface area contributed by atoms with Crippen LogP contribution < -0.4 is 5.73 Å². The maximum Gasteiger partial charge on any atom is 0.225 e. The topological polar surface area (TPSA) is 61.3 Å². The molecule has 1 fully saturated rings. The van der Waals surface area contributed by atoms with E-state index in [9.17, 15) is 0 Å². The normalized spacial score (nSPS) is 23.2. The van der Waals surface area contributed by atoms with Crippen molar-refractivity contribution >= 4 is 5.88 Å². The molecule has 4 heteroatoms. The first-order valence-electron chi connectivity index (χ1n) is 4.08. The lowest BCUT2D eigenvalue weighted by atomic mass is 9.99. The van der Waals surface area contributed by atoms with Gasteiger partial charge in [0.1, 0.15) is 0 Å². The Morgan fingerprint density at radius 3 is 2.92 bits per heavy atom. The van der Waals surface area contributed by atoms with E-state index in [1.54, 1.807) is 0 Å². The molecular weight excluding hydrogens is 156 g/mol. The number of aromatic nitrogens is 1. The Bertz CT molecular complexity index is 257. The standard InChI is InChI=1S/C8H12N2O2/c1-5-7(8(9)12-10-5)6-2-3-11-4-6/h6H,2-4,9H2,1H3. The smallest absolute Gasteiger partial charge is 0.225 e. The molecule has 0 bridgehead atoms. The molecule has 1 atom stereocenters. The average Bonchev–Trinajstić information content (AvgIpc) is 2.61. The van der Waals surface area contributed by atoms with Crippen LogP contribution in [0.4, 0.5) is 5.88 Å². The number of aryl methyl sites for hydroxylation is 1. The van der Waals surface area contributed by atoms with Crippen LogP contribution in [0, 0.1) is 6.92 Å². The lowest BCUT2D eigenvalue weighted by Gasteiger charge is -2.04. The minimum Gasteiger partial charge on any atom is -0.381 e. The van der Waals surface area contributed by atoms with E-state index < -0.39 is 0 Å². The van der Waals surface area contributed by atoms with Gasteiger partial charge in [-0.3, -0.25) is 0 Å². The van der Waals surface area contributed by atoms with E-state index in [0.29, 0.717) is 11.8 Å². The van der Waals surface area contributed by atoms with Crippen LogP contribution in [-0.2, 0) is 4.74 Å². The van der Waals surface area contributed by atoms with Gasteiger partial charge < -0.3 is 15.0 Å². The summed E-state index contributed by atoms with van der Waals surface area (Å²) in [6.07, 6.45) is 1.02. The zero-order valence-corrected chi connectivity index (χ0v) is 7.04. The number of hydrogen-bond acceptors (Lipinski definition) is 4. The van der Waals surface area contributed by atoms with Crippen molar-refractivity contribution in [2.45, 2.75) is 19.3 Å². The number of hydrogen-bond donors (Lipinski definition) is 1. The first-order chi connectivity index (χ1) is 5.79. The Balaban J connectivity index is 2.30. The Labute approximate surface area is 70.7 Å². The maximum atomic E-state index is 5.64. The van der Waals surface area contributed by atoms with Crippen LogP contribution in [-0.4, -0.2) is 18.4 Å². The van der Waals surface area contributed by atoms with Crippen LogP contribution >= 0.6 is 0 Å². The zero-order valence-electron chi connectivity index (χ0n) is 7.04. The summed E-state index contributed by atoms with van der Waals surface area (Å²) in [5, 5.41) is 3.81. The zero-order chi connectivity index (χ0) is 8.55. The summed E-state index contributed by atoms with van der Waals surface area (Å²) in [6, 6.07) is 0. The molecular formula is C8H12N2O2. The van der Waals surface area contributed by atoms with Gasteiger partial charge in [-0.05, 0) is 13.3 Å². The first kappa shape index (κ1) is 7.61. The number of ether oxygens (including phenoxy) is 1. The molecule has 12 heavy (non-hydrogen) atoms. The Morgan fingerprint density at radius 2 is 2.42 bits per heavy atom. The van der Waals surface area contributed by atoms with Crippen molar-refractivity contribution < 1.29 is 9.26 Å². The summed E-state index contributed by atoms with van der Waals surface area (Å²) in [5.41, 5.74) is 7.56. The van der Waals surface area contributed by atoms with Gasteiger partial charge in [-0.15, -0.1) is 0 Å². The minimum atomic E-state index is 0.385. The lowest BCUT2D eigenvalue weighted by Crippen LogP contribution is -2.01. The van der Waals surface area contributed by atoms with Crippen LogP contribution in [0.2, 0.25) is 0 Å². The number of anilines is 1. The molecule has 0 aliphatic carbocycles. The highest BCUT2D eigenvalue weighted by atomic mass is 16.5. The molecule has 0 saturated carbocycles. The fraction of sp³-hybridized carbons (Fsp3) is 0.625. The van der Waals surface area contributed by atoms with Crippen molar-refractivity contribution in [1.29, 1.82) is 0 Å². The molecule has 66 valence electrons. The fourth-order valence-electron chi connectivity index (χ4n) is 1.65. The molecule has 1 unspecified atom stereocenters. The van der Waals surface area contributed by atoms with Crippen LogP contribution in [0.1, 0.15) is 23.6 Å². The lowest BCUT2D eigenvalue weighted by molar-refractivity contribution is 0.194. The summed E-state index contributed by atoms with van der Waals surface area (Å²) in [5.74, 6) is 0.833. The highest BCUT2D eigenvalue weighted by Crippen LogP contribution is 2.31. The summed E-state index contributed by atoms with van der Waals surface area (Å²) < 4.78 is 10.1. The summed E-state index contributed by atoms with van der Waals surface area (Å²) in [4.78, 5) is 0. The van der Waals surface area contributed by atoms with Gasteiger partial charge in [0.15, 0.2) is 0 Å². The van der Waals surface area contributed by atoms with Crippen LogP contribution in [0.3, 0.4) is 0 Å². The molecule has 1 aliphatic rings. The monoisotopic (exact) mass is 168 g/mol. The number of nitrogens with two attached hydrogens (primary N) is 1. The van der Waals surface area contributed by atoms with Gasteiger partial charge in [0.2, 0.25) is 5.88 Å². The van der Waals surface area contributed by atoms with E-state index in [4.69, 9.17) is 15.0 Å². The number of nitrogens with zero attached hydrogens (tertiary/aromatic N) is 1. The third kappa shape index (κ3) is 1.08. The van der Waals surface area contributed by atoms with Crippen molar-refractivity contribution in [3.63, 3.8) is 0 Å². The third-order valence-corrected chi connectivity index (χ3v) is 2.27.